The molecule has 98 valence electrons. The van der Waals surface area contributed by atoms with Crippen molar-refractivity contribution in [2.75, 3.05) is 18.1 Å². The fourth-order valence-electron chi connectivity index (χ4n) is 2.11. The zero-order valence-corrected chi connectivity index (χ0v) is 11.5. The summed E-state index contributed by atoms with van der Waals surface area (Å²) >= 11 is 1.66. The minimum Gasteiger partial charge on any atom is -0.335 e. The molecule has 1 aromatic rings. The smallest absolute Gasteiger partial charge is 0.261 e. The number of carbonyl (C=O) groups excluding carboxylic acids is 2. The van der Waals surface area contributed by atoms with Gasteiger partial charge < -0.3 is 5.32 Å². The van der Waals surface area contributed by atoms with Gasteiger partial charge in [-0.05, 0) is 25.1 Å². The molecule has 1 unspecified atom stereocenters. The Morgan fingerprint density at radius 1 is 1.32 bits per heavy atom. The summed E-state index contributed by atoms with van der Waals surface area (Å²) in [5.74, 6) is 0.471. The number of carbonyl (C=O) groups is 2. The number of nitrogens with zero attached hydrogens (tertiary/aromatic N) is 2. The average molecular weight is 275 g/mol. The molecule has 2 aliphatic rings. The van der Waals surface area contributed by atoms with Gasteiger partial charge in [0.05, 0.1) is 17.2 Å². The summed E-state index contributed by atoms with van der Waals surface area (Å²) in [6.45, 7) is 2.06. The van der Waals surface area contributed by atoms with Crippen LogP contribution in [0.3, 0.4) is 0 Å². The highest BCUT2D eigenvalue weighted by atomic mass is 32.2. The molecule has 0 saturated heterocycles. The molecule has 0 radical (unpaired) electrons. The van der Waals surface area contributed by atoms with E-state index < -0.39 is 0 Å². The molecule has 0 aliphatic carbocycles. The van der Waals surface area contributed by atoms with Crippen LogP contribution in [-0.2, 0) is 0 Å². The van der Waals surface area contributed by atoms with Gasteiger partial charge in [-0.3, -0.25) is 19.5 Å². The fraction of sp³-hybridized carbons (Fsp3) is 0.308. The van der Waals surface area contributed by atoms with Gasteiger partial charge in [0.15, 0.2) is 5.17 Å². The molecule has 0 saturated carbocycles. The van der Waals surface area contributed by atoms with E-state index in [0.717, 1.165) is 21.5 Å². The molecule has 2 amide bonds. The Bertz CT molecular complexity index is 612. The van der Waals surface area contributed by atoms with Gasteiger partial charge in [0.2, 0.25) is 0 Å². The van der Waals surface area contributed by atoms with Gasteiger partial charge in [-0.1, -0.05) is 11.8 Å². The number of nitrogens with one attached hydrogen (secondary N) is 1. The summed E-state index contributed by atoms with van der Waals surface area (Å²) in [5, 5.41) is 4.04. The van der Waals surface area contributed by atoms with E-state index in [1.54, 1.807) is 30.0 Å². The van der Waals surface area contributed by atoms with Gasteiger partial charge in [0.25, 0.3) is 11.8 Å². The van der Waals surface area contributed by atoms with E-state index in [1.165, 1.54) is 7.05 Å². The van der Waals surface area contributed by atoms with Crippen molar-refractivity contribution in [1.29, 1.82) is 0 Å². The molecule has 19 heavy (non-hydrogen) atoms. The molecule has 1 N–H and O–H groups in total. The van der Waals surface area contributed by atoms with Gasteiger partial charge >= 0.3 is 0 Å². The lowest BCUT2D eigenvalue weighted by atomic mass is 10.1. The van der Waals surface area contributed by atoms with Gasteiger partial charge in [-0.25, -0.2) is 0 Å². The quantitative estimate of drug-likeness (QED) is 0.794. The fourth-order valence-corrected chi connectivity index (χ4v) is 3.02. The Morgan fingerprint density at radius 3 is 2.74 bits per heavy atom. The highest BCUT2D eigenvalue weighted by molar-refractivity contribution is 8.14. The standard InChI is InChI=1S/C13H13N3O2S/c1-7-6-19-13(14-7)15-8-3-4-9-10(5-8)12(18)16(2)11(9)17/h3-5,7H,6H2,1-2H3,(H,14,15). The maximum absolute atomic E-state index is 11.9. The molecular formula is C13H13N3O2S. The zero-order valence-electron chi connectivity index (χ0n) is 10.6. The third-order valence-corrected chi connectivity index (χ3v) is 4.27. The molecule has 6 heteroatoms. The minimum absolute atomic E-state index is 0.243. The number of anilines is 1. The van der Waals surface area contributed by atoms with Crippen LogP contribution in [0, 0.1) is 0 Å². The predicted molar refractivity (Wildman–Crippen MR) is 75.8 cm³/mol. The second-order valence-electron chi connectivity index (χ2n) is 4.65. The van der Waals surface area contributed by atoms with E-state index in [-0.39, 0.29) is 11.8 Å². The zero-order chi connectivity index (χ0) is 13.6. The molecule has 0 spiro atoms. The first-order chi connectivity index (χ1) is 9.06. The van der Waals surface area contributed by atoms with Gasteiger partial charge in [-0.15, -0.1) is 0 Å². The Balaban J connectivity index is 1.89. The number of benzene rings is 1. The number of fused-ring (bicyclic) bond motifs is 1. The largest absolute Gasteiger partial charge is 0.335 e. The lowest BCUT2D eigenvalue weighted by Crippen LogP contribution is -2.24. The average Bonchev–Trinajstić information content (AvgIpc) is 2.89. The van der Waals surface area contributed by atoms with Crippen LogP contribution < -0.4 is 5.32 Å². The molecule has 1 aromatic carbocycles. The number of aliphatic imine (C=N–C) groups is 1. The number of thioether (sulfide) groups is 1. The van der Waals surface area contributed by atoms with Crippen LogP contribution >= 0.6 is 11.8 Å². The lowest BCUT2D eigenvalue weighted by Gasteiger charge is -2.05. The van der Waals surface area contributed by atoms with Gasteiger partial charge in [0, 0.05) is 18.5 Å². The predicted octanol–water partition coefficient (Wildman–Crippen LogP) is 1.82. The van der Waals surface area contributed by atoms with Crippen LogP contribution in [0.4, 0.5) is 5.69 Å². The summed E-state index contributed by atoms with van der Waals surface area (Å²) in [7, 11) is 1.50. The van der Waals surface area contributed by atoms with Crippen molar-refractivity contribution >= 4 is 34.4 Å². The molecule has 5 nitrogen and oxygen atoms in total. The molecule has 0 aromatic heterocycles. The summed E-state index contributed by atoms with van der Waals surface area (Å²) in [4.78, 5) is 29.2. The Morgan fingerprint density at radius 2 is 2.05 bits per heavy atom. The first-order valence-corrected chi connectivity index (χ1v) is 6.99. The third-order valence-electron chi connectivity index (χ3n) is 3.14. The van der Waals surface area contributed by atoms with Crippen LogP contribution in [0.1, 0.15) is 27.6 Å². The summed E-state index contributed by atoms with van der Waals surface area (Å²) in [6.07, 6.45) is 0. The normalized spacial score (nSPS) is 21.7. The Labute approximate surface area is 115 Å². The summed E-state index contributed by atoms with van der Waals surface area (Å²) in [6, 6.07) is 5.52. The van der Waals surface area contributed by atoms with Gasteiger partial charge in [0.1, 0.15) is 0 Å². The van der Waals surface area contributed by atoms with E-state index in [0.29, 0.717) is 17.2 Å². The van der Waals surface area contributed by atoms with Crippen LogP contribution in [0.15, 0.2) is 23.2 Å². The molecule has 2 aliphatic heterocycles. The second-order valence-corrected chi connectivity index (χ2v) is 5.66. The first kappa shape index (κ1) is 12.2. The van der Waals surface area contributed by atoms with Crippen molar-refractivity contribution in [1.82, 2.24) is 4.90 Å². The SMILES string of the molecule is CC1CSC(Nc2ccc3c(c2)C(=O)N(C)C3=O)=N1. The van der Waals surface area contributed by atoms with E-state index in [2.05, 4.69) is 17.2 Å². The molecule has 2 heterocycles. The third kappa shape index (κ3) is 2.02. The van der Waals surface area contributed by atoms with Gasteiger partial charge in [-0.2, -0.15) is 0 Å². The van der Waals surface area contributed by atoms with Crippen LogP contribution in [0.5, 0.6) is 0 Å². The van der Waals surface area contributed by atoms with Crippen molar-refractivity contribution in [3.05, 3.63) is 29.3 Å². The highest BCUT2D eigenvalue weighted by Crippen LogP contribution is 2.26. The topological polar surface area (TPSA) is 61.8 Å². The van der Waals surface area contributed by atoms with E-state index in [1.807, 2.05) is 0 Å². The number of amides is 2. The Hall–Kier alpha value is -1.82. The maximum atomic E-state index is 11.9. The van der Waals surface area contributed by atoms with Crippen molar-refractivity contribution in [2.24, 2.45) is 4.99 Å². The summed E-state index contributed by atoms with van der Waals surface area (Å²) in [5.41, 5.74) is 1.71. The lowest BCUT2D eigenvalue weighted by molar-refractivity contribution is 0.0693. The number of imide groups is 1. The first-order valence-electron chi connectivity index (χ1n) is 6.00. The number of amidine groups is 1. The second kappa shape index (κ2) is 4.38. The van der Waals surface area contributed by atoms with E-state index in [9.17, 15) is 9.59 Å². The van der Waals surface area contributed by atoms with Crippen LogP contribution in [0.2, 0.25) is 0 Å². The highest BCUT2D eigenvalue weighted by Gasteiger charge is 2.32. The van der Waals surface area contributed by atoms with Crippen molar-refractivity contribution in [3.63, 3.8) is 0 Å². The van der Waals surface area contributed by atoms with Crippen LogP contribution in [0.25, 0.3) is 0 Å². The monoisotopic (exact) mass is 275 g/mol. The number of hydrogen-bond donors (Lipinski definition) is 1. The van der Waals surface area contributed by atoms with Crippen LogP contribution in [-0.4, -0.2) is 40.7 Å². The molecule has 0 bridgehead atoms. The number of hydrogen-bond acceptors (Lipinski definition) is 5. The molecule has 3 rings (SSSR count). The summed E-state index contributed by atoms with van der Waals surface area (Å²) < 4.78 is 0. The minimum atomic E-state index is -0.252. The van der Waals surface area contributed by atoms with Crippen molar-refractivity contribution < 1.29 is 9.59 Å². The maximum Gasteiger partial charge on any atom is 0.261 e. The molecular weight excluding hydrogens is 262 g/mol. The number of rotatable bonds is 1. The van der Waals surface area contributed by atoms with Crippen molar-refractivity contribution in [3.8, 4) is 0 Å². The van der Waals surface area contributed by atoms with E-state index in [4.69, 9.17) is 0 Å². The Kier molecular flexibility index (Phi) is 2.82. The van der Waals surface area contributed by atoms with E-state index >= 15 is 0 Å². The molecule has 1 atom stereocenters. The molecule has 0 fully saturated rings. The van der Waals surface area contributed by atoms with Crippen molar-refractivity contribution in [2.45, 2.75) is 13.0 Å².